The van der Waals surface area contributed by atoms with E-state index in [2.05, 4.69) is 10.2 Å². The minimum atomic E-state index is -4.84. The van der Waals surface area contributed by atoms with E-state index in [-0.39, 0.29) is 5.75 Å². The Morgan fingerprint density at radius 1 is 1.31 bits per heavy atom. The standard InChI is InChI=1S/C9H11F3N2O2/c1-5-4-6(16-3)7(14-13-5)8(2,15)9(10,11)12/h4,15H,1-3H3. The molecule has 0 amide bonds. The molecule has 0 spiro atoms. The Morgan fingerprint density at radius 2 is 1.88 bits per heavy atom. The van der Waals surface area contributed by atoms with E-state index in [0.717, 1.165) is 0 Å². The van der Waals surface area contributed by atoms with Gasteiger partial charge in [0.15, 0.2) is 0 Å². The molecule has 1 unspecified atom stereocenters. The van der Waals surface area contributed by atoms with Crippen LogP contribution in [0.2, 0.25) is 0 Å². The summed E-state index contributed by atoms with van der Waals surface area (Å²) in [6.45, 7) is 2.16. The number of ether oxygens (including phenoxy) is 1. The molecule has 7 heteroatoms. The van der Waals surface area contributed by atoms with Crippen molar-refractivity contribution >= 4 is 0 Å². The predicted octanol–water partition coefficient (Wildman–Crippen LogP) is 1.56. The number of methoxy groups -OCH3 is 1. The molecule has 1 rings (SSSR count). The quantitative estimate of drug-likeness (QED) is 0.846. The number of aryl methyl sites for hydroxylation is 1. The first kappa shape index (κ1) is 12.7. The van der Waals surface area contributed by atoms with Crippen LogP contribution in [0, 0.1) is 6.92 Å². The fourth-order valence-corrected chi connectivity index (χ4v) is 1.09. The molecular weight excluding hydrogens is 225 g/mol. The molecule has 0 aliphatic carbocycles. The first-order valence-corrected chi connectivity index (χ1v) is 4.38. The summed E-state index contributed by atoms with van der Waals surface area (Å²) in [4.78, 5) is 0. The lowest BCUT2D eigenvalue weighted by molar-refractivity contribution is -0.261. The Labute approximate surface area is 90.1 Å². The topological polar surface area (TPSA) is 55.2 Å². The molecule has 1 N–H and O–H groups in total. The maximum atomic E-state index is 12.6. The lowest BCUT2D eigenvalue weighted by Crippen LogP contribution is -2.40. The summed E-state index contributed by atoms with van der Waals surface area (Å²) < 4.78 is 42.4. The summed E-state index contributed by atoms with van der Waals surface area (Å²) in [5.74, 6) is -0.144. The third-order valence-corrected chi connectivity index (χ3v) is 2.11. The molecule has 0 fully saturated rings. The van der Waals surface area contributed by atoms with Crippen molar-refractivity contribution in [2.45, 2.75) is 25.6 Å². The van der Waals surface area contributed by atoms with E-state index in [9.17, 15) is 18.3 Å². The molecule has 0 aliphatic rings. The van der Waals surface area contributed by atoms with Crippen molar-refractivity contribution in [2.24, 2.45) is 0 Å². The molecule has 0 saturated carbocycles. The van der Waals surface area contributed by atoms with Gasteiger partial charge < -0.3 is 9.84 Å². The molecule has 0 radical (unpaired) electrons. The van der Waals surface area contributed by atoms with Crippen molar-refractivity contribution in [3.05, 3.63) is 17.5 Å². The Bertz CT molecular complexity index is 391. The monoisotopic (exact) mass is 236 g/mol. The van der Waals surface area contributed by atoms with Crippen LogP contribution in [0.4, 0.5) is 13.2 Å². The molecule has 0 bridgehead atoms. The zero-order chi connectivity index (χ0) is 12.6. The second kappa shape index (κ2) is 3.89. The van der Waals surface area contributed by atoms with Gasteiger partial charge in [0.1, 0.15) is 11.4 Å². The highest BCUT2D eigenvalue weighted by Gasteiger charge is 2.54. The van der Waals surface area contributed by atoms with Gasteiger partial charge >= 0.3 is 6.18 Å². The summed E-state index contributed by atoms with van der Waals surface area (Å²) in [7, 11) is 1.20. The van der Waals surface area contributed by atoms with E-state index in [4.69, 9.17) is 4.74 Å². The van der Waals surface area contributed by atoms with Crippen molar-refractivity contribution < 1.29 is 23.0 Å². The largest absolute Gasteiger partial charge is 0.495 e. The Morgan fingerprint density at radius 3 is 2.31 bits per heavy atom. The molecule has 0 aliphatic heterocycles. The van der Waals surface area contributed by atoms with E-state index in [0.29, 0.717) is 12.6 Å². The SMILES string of the molecule is COc1cc(C)nnc1C(C)(O)C(F)(F)F. The minimum absolute atomic E-state index is 0.144. The van der Waals surface area contributed by atoms with Gasteiger partial charge in [-0.2, -0.15) is 18.3 Å². The van der Waals surface area contributed by atoms with Crippen LogP contribution in [0.25, 0.3) is 0 Å². The first-order valence-electron chi connectivity index (χ1n) is 4.38. The predicted molar refractivity (Wildman–Crippen MR) is 48.9 cm³/mol. The van der Waals surface area contributed by atoms with Crippen LogP contribution < -0.4 is 4.74 Å². The van der Waals surface area contributed by atoms with Crippen LogP contribution in [-0.2, 0) is 5.60 Å². The second-order valence-electron chi connectivity index (χ2n) is 3.47. The third kappa shape index (κ3) is 2.08. The first-order chi connectivity index (χ1) is 7.20. The van der Waals surface area contributed by atoms with Crippen LogP contribution in [0.1, 0.15) is 18.3 Å². The molecule has 16 heavy (non-hydrogen) atoms. The number of rotatable bonds is 2. The number of aromatic nitrogens is 2. The Hall–Kier alpha value is -1.37. The lowest BCUT2D eigenvalue weighted by atomic mass is 10.0. The van der Waals surface area contributed by atoms with Gasteiger partial charge in [-0.1, -0.05) is 0 Å². The molecule has 0 saturated heterocycles. The zero-order valence-corrected chi connectivity index (χ0v) is 8.96. The summed E-state index contributed by atoms with van der Waals surface area (Å²) in [5.41, 5.74) is -3.33. The normalized spacial score (nSPS) is 15.7. The van der Waals surface area contributed by atoms with E-state index in [1.165, 1.54) is 13.2 Å². The number of nitrogens with zero attached hydrogens (tertiary/aromatic N) is 2. The van der Waals surface area contributed by atoms with Gasteiger partial charge in [-0.25, -0.2) is 0 Å². The third-order valence-electron chi connectivity index (χ3n) is 2.11. The van der Waals surface area contributed by atoms with E-state index in [1.807, 2.05) is 0 Å². The van der Waals surface area contributed by atoms with Gasteiger partial charge in [0.2, 0.25) is 5.60 Å². The molecule has 1 heterocycles. The van der Waals surface area contributed by atoms with Gasteiger partial charge in [0.05, 0.1) is 12.8 Å². The van der Waals surface area contributed by atoms with Gasteiger partial charge in [0, 0.05) is 6.07 Å². The highest BCUT2D eigenvalue weighted by molar-refractivity contribution is 5.32. The minimum Gasteiger partial charge on any atom is -0.495 e. The van der Waals surface area contributed by atoms with E-state index in [1.54, 1.807) is 6.92 Å². The lowest BCUT2D eigenvalue weighted by Gasteiger charge is -2.26. The number of aliphatic hydroxyl groups is 1. The Kier molecular flexibility index (Phi) is 3.09. The summed E-state index contributed by atoms with van der Waals surface area (Å²) >= 11 is 0. The molecular formula is C9H11F3N2O2. The molecule has 1 aromatic heterocycles. The number of hydrogen-bond acceptors (Lipinski definition) is 4. The van der Waals surface area contributed by atoms with Crippen LogP contribution in [0.5, 0.6) is 5.75 Å². The van der Waals surface area contributed by atoms with Crippen LogP contribution in [0.3, 0.4) is 0 Å². The van der Waals surface area contributed by atoms with Crippen molar-refractivity contribution in [1.29, 1.82) is 0 Å². The Balaban J connectivity index is 3.33. The number of halogens is 3. The maximum Gasteiger partial charge on any atom is 0.422 e. The maximum absolute atomic E-state index is 12.6. The summed E-state index contributed by atoms with van der Waals surface area (Å²) in [6.07, 6.45) is -4.84. The van der Waals surface area contributed by atoms with Gasteiger partial charge in [-0.15, -0.1) is 5.10 Å². The van der Waals surface area contributed by atoms with Crippen molar-refractivity contribution in [3.63, 3.8) is 0 Å². The van der Waals surface area contributed by atoms with Crippen molar-refractivity contribution in [1.82, 2.24) is 10.2 Å². The van der Waals surface area contributed by atoms with Crippen LogP contribution >= 0.6 is 0 Å². The average Bonchev–Trinajstić information content (AvgIpc) is 2.15. The molecule has 1 aromatic rings. The van der Waals surface area contributed by atoms with Gasteiger partial charge in [-0.3, -0.25) is 0 Å². The summed E-state index contributed by atoms with van der Waals surface area (Å²) in [5, 5.41) is 16.2. The van der Waals surface area contributed by atoms with Crippen LogP contribution in [-0.4, -0.2) is 28.6 Å². The fourth-order valence-electron chi connectivity index (χ4n) is 1.09. The molecule has 1 atom stereocenters. The van der Waals surface area contributed by atoms with E-state index >= 15 is 0 Å². The van der Waals surface area contributed by atoms with Gasteiger partial charge in [0.25, 0.3) is 0 Å². The van der Waals surface area contributed by atoms with E-state index < -0.39 is 17.5 Å². The average molecular weight is 236 g/mol. The number of alkyl halides is 3. The molecule has 0 aromatic carbocycles. The van der Waals surface area contributed by atoms with Gasteiger partial charge in [-0.05, 0) is 13.8 Å². The highest BCUT2D eigenvalue weighted by atomic mass is 19.4. The highest BCUT2D eigenvalue weighted by Crippen LogP contribution is 2.40. The number of hydrogen-bond donors (Lipinski definition) is 1. The van der Waals surface area contributed by atoms with Crippen molar-refractivity contribution in [2.75, 3.05) is 7.11 Å². The van der Waals surface area contributed by atoms with Crippen molar-refractivity contribution in [3.8, 4) is 5.75 Å². The zero-order valence-electron chi connectivity index (χ0n) is 8.96. The summed E-state index contributed by atoms with van der Waals surface area (Å²) in [6, 6.07) is 1.28. The molecule has 4 nitrogen and oxygen atoms in total. The second-order valence-corrected chi connectivity index (χ2v) is 3.47. The fraction of sp³-hybridized carbons (Fsp3) is 0.556. The molecule has 90 valence electrons. The van der Waals surface area contributed by atoms with Crippen LogP contribution in [0.15, 0.2) is 6.07 Å². The smallest absolute Gasteiger partial charge is 0.422 e.